The molecule has 0 atom stereocenters. The van der Waals surface area contributed by atoms with Gasteiger partial charge in [0.25, 0.3) is 0 Å². The predicted molar refractivity (Wildman–Crippen MR) is 172 cm³/mol. The Morgan fingerprint density at radius 2 is 1.62 bits per heavy atom. The van der Waals surface area contributed by atoms with Crippen LogP contribution in [-0.2, 0) is 27.2 Å². The third-order valence-electron chi connectivity index (χ3n) is 7.33. The number of carbonyl (C=O) groups is 3. The van der Waals surface area contributed by atoms with Crippen LogP contribution in [0.5, 0.6) is 11.5 Å². The molecule has 0 bridgehead atoms. The SMILES string of the molecule is CCOC(=O)c1ccc(NC(=O)N(CCOC)CC(=O)N(CCc2c[nH]c3ccccc23)Cc2ccc(OC)c(OC)c2)cc1. The molecule has 1 heterocycles. The Labute approximate surface area is 263 Å². The molecule has 3 amide bonds. The van der Waals surface area contributed by atoms with E-state index in [1.165, 1.54) is 12.0 Å². The molecule has 0 saturated carbocycles. The largest absolute Gasteiger partial charge is 0.493 e. The van der Waals surface area contributed by atoms with E-state index in [1.807, 2.05) is 42.6 Å². The summed E-state index contributed by atoms with van der Waals surface area (Å²) >= 11 is 0. The summed E-state index contributed by atoms with van der Waals surface area (Å²) in [6.45, 7) is 3.00. The van der Waals surface area contributed by atoms with Crippen molar-refractivity contribution in [1.29, 1.82) is 0 Å². The van der Waals surface area contributed by atoms with Gasteiger partial charge in [-0.05, 0) is 66.9 Å². The summed E-state index contributed by atoms with van der Waals surface area (Å²) in [7, 11) is 4.68. The number of urea groups is 1. The molecule has 0 fully saturated rings. The van der Waals surface area contributed by atoms with Gasteiger partial charge in [0.15, 0.2) is 11.5 Å². The van der Waals surface area contributed by atoms with E-state index < -0.39 is 12.0 Å². The first-order chi connectivity index (χ1) is 21.9. The van der Waals surface area contributed by atoms with E-state index >= 15 is 0 Å². The van der Waals surface area contributed by atoms with Crippen molar-refractivity contribution in [3.8, 4) is 11.5 Å². The van der Waals surface area contributed by atoms with E-state index in [1.54, 1.807) is 50.3 Å². The van der Waals surface area contributed by atoms with Gasteiger partial charge >= 0.3 is 12.0 Å². The number of carbonyl (C=O) groups excluding carboxylic acids is 3. The Hall–Kier alpha value is -5.03. The van der Waals surface area contributed by atoms with Gasteiger partial charge in [-0.3, -0.25) is 4.79 Å². The summed E-state index contributed by atoms with van der Waals surface area (Å²) in [4.78, 5) is 45.7. The minimum Gasteiger partial charge on any atom is -0.493 e. The lowest BCUT2D eigenvalue weighted by Crippen LogP contribution is -2.46. The standard InChI is InChI=1S/C34H40N4O7/c1-5-45-33(40)25-11-13-27(14-12-25)36-34(41)38(18-19-42-2)23-32(39)37(22-24-10-15-30(43-3)31(20-24)44-4)17-16-26-21-35-29-9-7-6-8-28(26)29/h6-15,20-21,35H,5,16-19,22-23H2,1-4H3,(H,36,41). The van der Waals surface area contributed by atoms with Crippen LogP contribution in [0.25, 0.3) is 10.9 Å². The fraction of sp³-hybridized carbons (Fsp3) is 0.324. The third-order valence-corrected chi connectivity index (χ3v) is 7.33. The average molecular weight is 617 g/mol. The summed E-state index contributed by atoms with van der Waals surface area (Å²) < 4.78 is 21.1. The second-order valence-corrected chi connectivity index (χ2v) is 10.3. The average Bonchev–Trinajstić information content (AvgIpc) is 3.48. The third kappa shape index (κ3) is 8.76. The summed E-state index contributed by atoms with van der Waals surface area (Å²) in [5.41, 5.74) is 3.83. The molecule has 11 heteroatoms. The van der Waals surface area contributed by atoms with Gasteiger partial charge in [-0.1, -0.05) is 24.3 Å². The Balaban J connectivity index is 1.52. The number of nitrogens with zero attached hydrogens (tertiary/aromatic N) is 2. The minimum atomic E-state index is -0.466. The number of methoxy groups -OCH3 is 3. The zero-order valence-corrected chi connectivity index (χ0v) is 26.1. The number of hydrogen-bond donors (Lipinski definition) is 2. The number of esters is 1. The molecule has 0 spiro atoms. The second-order valence-electron chi connectivity index (χ2n) is 10.3. The molecule has 0 unspecified atom stereocenters. The van der Waals surface area contributed by atoms with Crippen LogP contribution < -0.4 is 14.8 Å². The summed E-state index contributed by atoms with van der Waals surface area (Å²) in [6.07, 6.45) is 2.58. The fourth-order valence-electron chi connectivity index (χ4n) is 4.91. The van der Waals surface area contributed by atoms with Crippen molar-refractivity contribution in [2.24, 2.45) is 0 Å². The lowest BCUT2D eigenvalue weighted by Gasteiger charge is -2.28. The first-order valence-corrected chi connectivity index (χ1v) is 14.7. The Kier molecular flexibility index (Phi) is 11.8. The van der Waals surface area contributed by atoms with Gasteiger partial charge in [0.2, 0.25) is 5.91 Å². The molecule has 0 aliphatic rings. The molecule has 2 N–H and O–H groups in total. The topological polar surface area (TPSA) is 122 Å². The molecule has 1 aromatic heterocycles. The van der Waals surface area contributed by atoms with Crippen molar-refractivity contribution in [3.05, 3.63) is 89.6 Å². The van der Waals surface area contributed by atoms with Gasteiger partial charge in [0.05, 0.1) is 33.0 Å². The van der Waals surface area contributed by atoms with Crippen LogP contribution in [0.15, 0.2) is 72.9 Å². The van der Waals surface area contributed by atoms with Gasteiger partial charge in [-0.15, -0.1) is 0 Å². The highest BCUT2D eigenvalue weighted by Crippen LogP contribution is 2.28. The Morgan fingerprint density at radius 1 is 0.867 bits per heavy atom. The maximum atomic E-state index is 13.9. The molecule has 238 valence electrons. The number of amides is 3. The number of ether oxygens (including phenoxy) is 4. The molecule has 0 radical (unpaired) electrons. The van der Waals surface area contributed by atoms with Crippen LogP contribution in [0.1, 0.15) is 28.4 Å². The Bertz CT molecular complexity index is 1590. The van der Waals surface area contributed by atoms with E-state index in [0.717, 1.165) is 22.0 Å². The van der Waals surface area contributed by atoms with Crippen LogP contribution >= 0.6 is 0 Å². The van der Waals surface area contributed by atoms with Gasteiger partial charge in [0, 0.05) is 49.5 Å². The highest BCUT2D eigenvalue weighted by Gasteiger charge is 2.23. The normalized spacial score (nSPS) is 10.8. The van der Waals surface area contributed by atoms with Crippen molar-refractivity contribution in [3.63, 3.8) is 0 Å². The van der Waals surface area contributed by atoms with Gasteiger partial charge in [0.1, 0.15) is 6.54 Å². The van der Waals surface area contributed by atoms with Crippen LogP contribution in [0.2, 0.25) is 0 Å². The number of nitrogens with one attached hydrogen (secondary N) is 2. The molecule has 4 aromatic rings. The molecular formula is C34H40N4O7. The first-order valence-electron chi connectivity index (χ1n) is 14.7. The number of fused-ring (bicyclic) bond motifs is 1. The number of aromatic nitrogens is 1. The number of benzene rings is 3. The Morgan fingerprint density at radius 3 is 2.33 bits per heavy atom. The zero-order chi connectivity index (χ0) is 32.2. The van der Waals surface area contributed by atoms with Crippen molar-refractivity contribution in [2.75, 3.05) is 59.5 Å². The van der Waals surface area contributed by atoms with E-state index in [9.17, 15) is 14.4 Å². The molecule has 4 rings (SSSR count). The maximum absolute atomic E-state index is 13.9. The number of rotatable bonds is 15. The van der Waals surface area contributed by atoms with E-state index in [4.69, 9.17) is 18.9 Å². The first kappa shape index (κ1) is 32.9. The van der Waals surface area contributed by atoms with Crippen molar-refractivity contribution in [1.82, 2.24) is 14.8 Å². The van der Waals surface area contributed by atoms with Crippen LogP contribution in [0.4, 0.5) is 10.5 Å². The van der Waals surface area contributed by atoms with Crippen molar-refractivity contribution >= 4 is 34.5 Å². The zero-order valence-electron chi connectivity index (χ0n) is 26.1. The summed E-state index contributed by atoms with van der Waals surface area (Å²) in [6, 6.07) is 19.5. The summed E-state index contributed by atoms with van der Waals surface area (Å²) in [5.74, 6) is 0.489. The van der Waals surface area contributed by atoms with E-state index in [-0.39, 0.29) is 32.2 Å². The number of hydrogen-bond acceptors (Lipinski definition) is 7. The van der Waals surface area contributed by atoms with Gasteiger partial charge < -0.3 is 39.0 Å². The maximum Gasteiger partial charge on any atom is 0.338 e. The molecular weight excluding hydrogens is 576 g/mol. The van der Waals surface area contributed by atoms with E-state index in [0.29, 0.717) is 42.3 Å². The van der Waals surface area contributed by atoms with Crippen molar-refractivity contribution in [2.45, 2.75) is 19.9 Å². The van der Waals surface area contributed by atoms with Crippen molar-refractivity contribution < 1.29 is 33.3 Å². The number of para-hydroxylation sites is 1. The lowest BCUT2D eigenvalue weighted by atomic mass is 10.1. The number of aromatic amines is 1. The lowest BCUT2D eigenvalue weighted by molar-refractivity contribution is -0.132. The molecule has 0 aliphatic heterocycles. The quantitative estimate of drug-likeness (QED) is 0.178. The molecule has 3 aromatic carbocycles. The monoisotopic (exact) mass is 616 g/mol. The summed E-state index contributed by atoms with van der Waals surface area (Å²) in [5, 5.41) is 3.92. The molecule has 0 saturated heterocycles. The van der Waals surface area contributed by atoms with E-state index in [2.05, 4.69) is 16.4 Å². The number of anilines is 1. The second kappa shape index (κ2) is 16.2. The van der Waals surface area contributed by atoms with Gasteiger partial charge in [-0.2, -0.15) is 0 Å². The highest BCUT2D eigenvalue weighted by atomic mass is 16.5. The predicted octanol–water partition coefficient (Wildman–Crippen LogP) is 5.11. The molecule has 0 aliphatic carbocycles. The number of H-pyrrole nitrogens is 1. The smallest absolute Gasteiger partial charge is 0.338 e. The molecule has 45 heavy (non-hydrogen) atoms. The fourth-order valence-corrected chi connectivity index (χ4v) is 4.91. The highest BCUT2D eigenvalue weighted by molar-refractivity contribution is 5.94. The minimum absolute atomic E-state index is 0.169. The van der Waals surface area contributed by atoms with Crippen LogP contribution in [0.3, 0.4) is 0 Å². The van der Waals surface area contributed by atoms with Gasteiger partial charge in [-0.25, -0.2) is 9.59 Å². The van der Waals surface area contributed by atoms with Crippen LogP contribution in [0, 0.1) is 0 Å². The molecule has 11 nitrogen and oxygen atoms in total. The van der Waals surface area contributed by atoms with Crippen LogP contribution in [-0.4, -0.2) is 86.9 Å².